The van der Waals surface area contributed by atoms with Gasteiger partial charge in [0, 0.05) is 5.02 Å². The van der Waals surface area contributed by atoms with Crippen LogP contribution in [0.1, 0.15) is 6.42 Å². The Morgan fingerprint density at radius 2 is 2.16 bits per heavy atom. The van der Waals surface area contributed by atoms with Crippen LogP contribution in [0.3, 0.4) is 0 Å². The fourth-order valence-electron chi connectivity index (χ4n) is 2.52. The van der Waals surface area contributed by atoms with E-state index in [1.807, 2.05) is 0 Å². The van der Waals surface area contributed by atoms with Gasteiger partial charge < -0.3 is 9.64 Å². The molecular weight excluding hydrogens is 290 g/mol. The number of anilines is 1. The van der Waals surface area contributed by atoms with E-state index in [4.69, 9.17) is 16.3 Å². The van der Waals surface area contributed by atoms with Crippen molar-refractivity contribution in [3.05, 3.63) is 23.2 Å². The molecule has 1 saturated heterocycles. The fourth-order valence-corrected chi connectivity index (χ4v) is 4.39. The summed E-state index contributed by atoms with van der Waals surface area (Å²) < 4.78 is 28.5. The Morgan fingerprint density at radius 3 is 2.84 bits per heavy atom. The molecule has 1 atom stereocenters. The van der Waals surface area contributed by atoms with Gasteiger partial charge in [-0.15, -0.1) is 0 Å². The zero-order chi connectivity index (χ0) is 13.6. The topological polar surface area (TPSA) is 63.7 Å². The van der Waals surface area contributed by atoms with Gasteiger partial charge in [-0.3, -0.25) is 4.79 Å². The molecular formula is C12H12ClNO4S. The first-order valence-electron chi connectivity index (χ1n) is 5.91. The van der Waals surface area contributed by atoms with E-state index < -0.39 is 9.84 Å². The minimum Gasteiger partial charge on any atom is -0.482 e. The molecule has 2 aliphatic rings. The van der Waals surface area contributed by atoms with Crippen LogP contribution in [0.25, 0.3) is 0 Å². The van der Waals surface area contributed by atoms with Gasteiger partial charge in [0.1, 0.15) is 5.75 Å². The Morgan fingerprint density at radius 1 is 1.37 bits per heavy atom. The second-order valence-electron chi connectivity index (χ2n) is 4.72. The highest BCUT2D eigenvalue weighted by molar-refractivity contribution is 7.91. The van der Waals surface area contributed by atoms with Gasteiger partial charge in [0.15, 0.2) is 16.4 Å². The average Bonchev–Trinajstić information content (AvgIpc) is 2.69. The molecule has 0 spiro atoms. The lowest BCUT2D eigenvalue weighted by atomic mass is 10.1. The zero-order valence-electron chi connectivity index (χ0n) is 10.0. The molecule has 0 radical (unpaired) electrons. The number of halogens is 1. The van der Waals surface area contributed by atoms with E-state index >= 15 is 0 Å². The molecule has 0 aliphatic carbocycles. The second-order valence-corrected chi connectivity index (χ2v) is 7.39. The minimum atomic E-state index is -3.05. The zero-order valence-corrected chi connectivity index (χ0v) is 11.6. The second kappa shape index (κ2) is 4.38. The number of benzene rings is 1. The lowest BCUT2D eigenvalue weighted by molar-refractivity contribution is -0.121. The largest absolute Gasteiger partial charge is 0.482 e. The Balaban J connectivity index is 2.02. The van der Waals surface area contributed by atoms with Crippen molar-refractivity contribution in [3.8, 4) is 5.75 Å². The molecule has 2 aliphatic heterocycles. The van der Waals surface area contributed by atoms with Crippen molar-refractivity contribution >= 4 is 33.0 Å². The predicted molar refractivity (Wildman–Crippen MR) is 71.5 cm³/mol. The Hall–Kier alpha value is -1.27. The van der Waals surface area contributed by atoms with Crippen LogP contribution >= 0.6 is 11.6 Å². The van der Waals surface area contributed by atoms with Crippen molar-refractivity contribution in [3.63, 3.8) is 0 Å². The molecule has 0 saturated carbocycles. The third kappa shape index (κ3) is 2.30. The fraction of sp³-hybridized carbons (Fsp3) is 0.417. The van der Waals surface area contributed by atoms with Gasteiger partial charge in [-0.05, 0) is 24.6 Å². The summed E-state index contributed by atoms with van der Waals surface area (Å²) in [6.45, 7) is -0.0643. The number of ether oxygens (including phenoxy) is 1. The first-order chi connectivity index (χ1) is 8.96. The van der Waals surface area contributed by atoms with Gasteiger partial charge in [-0.2, -0.15) is 0 Å². The number of hydrogen-bond acceptors (Lipinski definition) is 4. The predicted octanol–water partition coefficient (Wildman–Crippen LogP) is 1.25. The molecule has 19 heavy (non-hydrogen) atoms. The highest BCUT2D eigenvalue weighted by atomic mass is 35.5. The third-order valence-electron chi connectivity index (χ3n) is 3.37. The summed E-state index contributed by atoms with van der Waals surface area (Å²) in [6, 6.07) is 4.69. The maximum atomic E-state index is 12.0. The van der Waals surface area contributed by atoms with Crippen LogP contribution in [-0.4, -0.2) is 38.5 Å². The number of hydrogen-bond donors (Lipinski definition) is 0. The molecule has 1 unspecified atom stereocenters. The van der Waals surface area contributed by atoms with Crippen LogP contribution in [0, 0.1) is 0 Å². The van der Waals surface area contributed by atoms with Crippen molar-refractivity contribution < 1.29 is 17.9 Å². The standard InChI is InChI=1S/C12H12ClNO4S/c13-8-1-2-11-10(5-8)14(12(15)6-18-11)9-3-4-19(16,17)7-9/h1-2,5,9H,3-4,6-7H2. The van der Waals surface area contributed by atoms with Crippen molar-refractivity contribution in [2.45, 2.75) is 12.5 Å². The first-order valence-corrected chi connectivity index (χ1v) is 8.11. The molecule has 1 amide bonds. The van der Waals surface area contributed by atoms with Gasteiger partial charge >= 0.3 is 0 Å². The number of carbonyl (C=O) groups is 1. The molecule has 7 heteroatoms. The van der Waals surface area contributed by atoms with Gasteiger partial charge in [0.2, 0.25) is 0 Å². The number of amides is 1. The summed E-state index contributed by atoms with van der Waals surface area (Å²) in [7, 11) is -3.05. The molecule has 1 aromatic rings. The van der Waals surface area contributed by atoms with E-state index in [9.17, 15) is 13.2 Å². The van der Waals surface area contributed by atoms with Crippen molar-refractivity contribution in [1.29, 1.82) is 0 Å². The normalized spacial score (nSPS) is 25.0. The molecule has 0 aromatic heterocycles. The van der Waals surface area contributed by atoms with Crippen LogP contribution in [0.5, 0.6) is 5.75 Å². The maximum Gasteiger partial charge on any atom is 0.265 e. The van der Waals surface area contributed by atoms with E-state index in [-0.39, 0.29) is 30.1 Å². The molecule has 1 fully saturated rings. The summed E-state index contributed by atoms with van der Waals surface area (Å²) in [5, 5.41) is 0.489. The van der Waals surface area contributed by atoms with Gasteiger partial charge in [0.25, 0.3) is 5.91 Å². The van der Waals surface area contributed by atoms with Crippen molar-refractivity contribution in [2.75, 3.05) is 23.0 Å². The lowest BCUT2D eigenvalue weighted by Gasteiger charge is -2.33. The van der Waals surface area contributed by atoms with Crippen LogP contribution in [0.4, 0.5) is 5.69 Å². The highest BCUT2D eigenvalue weighted by Gasteiger charge is 2.38. The minimum absolute atomic E-state index is 0.00466. The molecule has 3 rings (SSSR count). The first kappa shape index (κ1) is 12.7. The lowest BCUT2D eigenvalue weighted by Crippen LogP contribution is -2.46. The molecule has 5 nitrogen and oxygen atoms in total. The number of rotatable bonds is 1. The average molecular weight is 302 g/mol. The molecule has 2 heterocycles. The van der Waals surface area contributed by atoms with E-state index in [0.717, 1.165) is 0 Å². The van der Waals surface area contributed by atoms with Crippen molar-refractivity contribution in [2.24, 2.45) is 0 Å². The number of nitrogens with zero attached hydrogens (tertiary/aromatic N) is 1. The van der Waals surface area contributed by atoms with E-state index in [0.29, 0.717) is 22.9 Å². The Bertz CT molecular complexity index is 643. The SMILES string of the molecule is O=C1COc2ccc(Cl)cc2N1C1CCS(=O)(=O)C1. The summed E-state index contributed by atoms with van der Waals surface area (Å²) in [5.74, 6) is 0.466. The monoisotopic (exact) mass is 301 g/mol. The highest BCUT2D eigenvalue weighted by Crippen LogP contribution is 2.37. The quantitative estimate of drug-likeness (QED) is 0.783. The van der Waals surface area contributed by atoms with Crippen molar-refractivity contribution in [1.82, 2.24) is 0 Å². The molecule has 1 aromatic carbocycles. The smallest absolute Gasteiger partial charge is 0.265 e. The van der Waals surface area contributed by atoms with Crippen LogP contribution in [-0.2, 0) is 14.6 Å². The van der Waals surface area contributed by atoms with Crippen LogP contribution in [0.2, 0.25) is 5.02 Å². The summed E-state index contributed by atoms with van der Waals surface area (Å²) in [6.07, 6.45) is 0.458. The van der Waals surface area contributed by atoms with E-state index in [1.54, 1.807) is 18.2 Å². The summed E-state index contributed by atoms with van der Waals surface area (Å²) in [4.78, 5) is 13.6. The molecule has 102 valence electrons. The van der Waals surface area contributed by atoms with Gasteiger partial charge in [-0.25, -0.2) is 8.42 Å². The number of sulfone groups is 1. The third-order valence-corrected chi connectivity index (χ3v) is 5.36. The molecule has 0 bridgehead atoms. The van der Waals surface area contributed by atoms with Crippen LogP contribution < -0.4 is 9.64 Å². The summed E-state index contributed by atoms with van der Waals surface area (Å²) in [5.41, 5.74) is 0.561. The number of fused-ring (bicyclic) bond motifs is 1. The van der Waals surface area contributed by atoms with Gasteiger partial charge in [0.05, 0.1) is 23.2 Å². The van der Waals surface area contributed by atoms with Crippen LogP contribution in [0.15, 0.2) is 18.2 Å². The van der Waals surface area contributed by atoms with Gasteiger partial charge in [-0.1, -0.05) is 11.6 Å². The van der Waals surface area contributed by atoms with E-state index in [2.05, 4.69) is 0 Å². The summed E-state index contributed by atoms with van der Waals surface area (Å²) >= 11 is 5.94. The number of carbonyl (C=O) groups excluding carboxylic acids is 1. The Kier molecular flexibility index (Phi) is 2.94. The Labute approximate surface area is 116 Å². The maximum absolute atomic E-state index is 12.0. The molecule has 0 N–H and O–H groups in total. The van der Waals surface area contributed by atoms with E-state index in [1.165, 1.54) is 4.90 Å².